The highest BCUT2D eigenvalue weighted by molar-refractivity contribution is 8.15. The summed E-state index contributed by atoms with van der Waals surface area (Å²) in [6, 6.07) is 13.6. The number of nitrogens with one attached hydrogen (secondary N) is 1. The third kappa shape index (κ3) is 4.52. The molecule has 2 amide bonds. The third-order valence-corrected chi connectivity index (χ3v) is 4.76. The van der Waals surface area contributed by atoms with E-state index in [-0.39, 0.29) is 23.5 Å². The highest BCUT2D eigenvalue weighted by atomic mass is 32.2. The van der Waals surface area contributed by atoms with E-state index in [1.807, 2.05) is 12.1 Å². The van der Waals surface area contributed by atoms with E-state index in [0.717, 1.165) is 17.3 Å². The molecule has 25 heavy (non-hydrogen) atoms. The van der Waals surface area contributed by atoms with Crippen molar-refractivity contribution in [3.63, 3.8) is 0 Å². The zero-order chi connectivity index (χ0) is 17.8. The second-order valence-corrected chi connectivity index (χ2v) is 6.83. The highest BCUT2D eigenvalue weighted by Crippen LogP contribution is 2.24. The first-order valence-electron chi connectivity index (χ1n) is 7.71. The molecule has 0 spiro atoms. The Labute approximate surface area is 148 Å². The van der Waals surface area contributed by atoms with Gasteiger partial charge < -0.3 is 14.9 Å². The van der Waals surface area contributed by atoms with Crippen molar-refractivity contribution in [1.82, 2.24) is 5.32 Å². The van der Waals surface area contributed by atoms with Crippen LogP contribution < -0.4 is 10.1 Å². The number of carbonyl (C=O) groups excluding carboxylic acids is 2. The molecule has 0 saturated carbocycles. The molecule has 7 heteroatoms. The number of ether oxygens (including phenoxy) is 1. The van der Waals surface area contributed by atoms with Crippen LogP contribution in [0.5, 0.6) is 11.5 Å². The molecule has 1 aliphatic rings. The minimum absolute atomic E-state index is 0.0538. The fraction of sp³-hybridized carbons (Fsp3) is 0.222. The molecule has 1 saturated heterocycles. The minimum atomic E-state index is -0.851. The Balaban J connectivity index is 1.54. The molecule has 3 N–H and O–H groups in total. The van der Waals surface area contributed by atoms with Gasteiger partial charge in [0.25, 0.3) is 5.24 Å². The lowest BCUT2D eigenvalue weighted by Gasteiger charge is -2.13. The molecule has 3 rings (SSSR count). The van der Waals surface area contributed by atoms with E-state index in [9.17, 15) is 19.8 Å². The summed E-state index contributed by atoms with van der Waals surface area (Å²) in [5.41, 5.74) is 1.49. The Morgan fingerprint density at radius 1 is 1.16 bits per heavy atom. The average molecular weight is 359 g/mol. The van der Waals surface area contributed by atoms with Crippen LogP contribution in [0.25, 0.3) is 0 Å². The summed E-state index contributed by atoms with van der Waals surface area (Å²) >= 11 is 1.00. The number of phenolic OH excluding ortho intramolecular Hbond substituents is 1. The molecular weight excluding hydrogens is 342 g/mol. The van der Waals surface area contributed by atoms with Crippen LogP contribution in [0.3, 0.4) is 0 Å². The van der Waals surface area contributed by atoms with Gasteiger partial charge in [-0.3, -0.25) is 14.9 Å². The predicted molar refractivity (Wildman–Crippen MR) is 93.6 cm³/mol. The summed E-state index contributed by atoms with van der Waals surface area (Å²) in [5.74, 6) is 0.417. The van der Waals surface area contributed by atoms with Gasteiger partial charge in [-0.1, -0.05) is 36.0 Å². The second kappa shape index (κ2) is 7.58. The Morgan fingerprint density at radius 3 is 2.56 bits per heavy atom. The van der Waals surface area contributed by atoms with Gasteiger partial charge in [-0.2, -0.15) is 0 Å². The summed E-state index contributed by atoms with van der Waals surface area (Å²) in [7, 11) is 0. The van der Waals surface area contributed by atoms with Crippen LogP contribution in [-0.2, 0) is 11.2 Å². The first-order valence-corrected chi connectivity index (χ1v) is 8.59. The van der Waals surface area contributed by atoms with Gasteiger partial charge in [-0.15, -0.1) is 0 Å². The molecule has 1 aliphatic heterocycles. The number of aliphatic hydroxyl groups is 1. The Bertz CT molecular complexity index is 777. The van der Waals surface area contributed by atoms with Crippen molar-refractivity contribution in [2.45, 2.75) is 17.8 Å². The number of rotatable bonds is 6. The molecule has 0 radical (unpaired) electrons. The molecule has 2 atom stereocenters. The van der Waals surface area contributed by atoms with Gasteiger partial charge in [0.2, 0.25) is 5.91 Å². The number of aromatic hydroxyl groups is 1. The van der Waals surface area contributed by atoms with Gasteiger partial charge in [0.1, 0.15) is 24.2 Å². The summed E-state index contributed by atoms with van der Waals surface area (Å²) < 4.78 is 5.55. The van der Waals surface area contributed by atoms with Gasteiger partial charge in [-0.05, 0) is 41.8 Å². The number of benzene rings is 2. The van der Waals surface area contributed by atoms with Crippen LogP contribution in [0.4, 0.5) is 4.79 Å². The monoisotopic (exact) mass is 359 g/mol. The maximum atomic E-state index is 11.6. The summed E-state index contributed by atoms with van der Waals surface area (Å²) in [6.07, 6.45) is -0.384. The summed E-state index contributed by atoms with van der Waals surface area (Å²) in [4.78, 5) is 22.7. The number of hydrogen-bond donors (Lipinski definition) is 3. The molecule has 1 fully saturated rings. The SMILES string of the molecule is O=C1NC(=O)C(Cc2ccc(OC[C@@H](O)c3cccc(O)c3)cc2)S1. The average Bonchev–Trinajstić information content (AvgIpc) is 2.91. The van der Waals surface area contributed by atoms with Gasteiger partial charge in [-0.25, -0.2) is 0 Å². The highest BCUT2D eigenvalue weighted by Gasteiger charge is 2.31. The summed E-state index contributed by atoms with van der Waals surface area (Å²) in [6.45, 7) is 0.0538. The molecular formula is C18H17NO5S. The van der Waals surface area contributed by atoms with E-state index in [4.69, 9.17) is 4.74 Å². The van der Waals surface area contributed by atoms with E-state index < -0.39 is 11.4 Å². The van der Waals surface area contributed by atoms with Crippen LogP contribution in [0, 0.1) is 0 Å². The largest absolute Gasteiger partial charge is 0.508 e. The van der Waals surface area contributed by atoms with Crippen LogP contribution in [0.1, 0.15) is 17.2 Å². The molecule has 130 valence electrons. The molecule has 2 aromatic rings. The smallest absolute Gasteiger partial charge is 0.286 e. The quantitative estimate of drug-likeness (QED) is 0.733. The lowest BCUT2D eigenvalue weighted by Crippen LogP contribution is -2.25. The first-order chi connectivity index (χ1) is 12.0. The Morgan fingerprint density at radius 2 is 1.92 bits per heavy atom. The van der Waals surface area contributed by atoms with E-state index in [0.29, 0.717) is 17.7 Å². The van der Waals surface area contributed by atoms with E-state index in [2.05, 4.69) is 5.32 Å². The van der Waals surface area contributed by atoms with Crippen molar-refractivity contribution in [3.8, 4) is 11.5 Å². The van der Waals surface area contributed by atoms with Crippen molar-refractivity contribution >= 4 is 22.9 Å². The number of phenols is 1. The van der Waals surface area contributed by atoms with Crippen molar-refractivity contribution in [1.29, 1.82) is 0 Å². The van der Waals surface area contributed by atoms with Crippen LogP contribution in [0.2, 0.25) is 0 Å². The molecule has 0 bridgehead atoms. The van der Waals surface area contributed by atoms with E-state index >= 15 is 0 Å². The zero-order valence-electron chi connectivity index (χ0n) is 13.2. The Kier molecular flexibility index (Phi) is 5.25. The van der Waals surface area contributed by atoms with E-state index in [1.54, 1.807) is 24.3 Å². The maximum Gasteiger partial charge on any atom is 0.286 e. The minimum Gasteiger partial charge on any atom is -0.508 e. The van der Waals surface area contributed by atoms with Crippen LogP contribution in [0.15, 0.2) is 48.5 Å². The first kappa shape index (κ1) is 17.3. The van der Waals surface area contributed by atoms with Crippen molar-refractivity contribution in [2.24, 2.45) is 0 Å². The molecule has 2 aromatic carbocycles. The number of carbonyl (C=O) groups is 2. The van der Waals surface area contributed by atoms with Crippen molar-refractivity contribution in [2.75, 3.05) is 6.61 Å². The molecule has 6 nitrogen and oxygen atoms in total. The molecule has 0 aliphatic carbocycles. The summed E-state index contributed by atoms with van der Waals surface area (Å²) in [5, 5.41) is 21.1. The molecule has 0 aromatic heterocycles. The molecule has 1 unspecified atom stereocenters. The standard InChI is InChI=1S/C18H17NO5S/c20-13-3-1-2-12(9-13)15(21)10-24-14-6-4-11(5-7-14)8-16-17(22)19-18(23)25-16/h1-7,9,15-16,20-21H,8,10H2,(H,19,22,23)/t15-,16?/m1/s1. The fourth-order valence-electron chi connectivity index (χ4n) is 2.47. The lowest BCUT2D eigenvalue weighted by atomic mass is 10.1. The number of imide groups is 1. The van der Waals surface area contributed by atoms with Crippen molar-refractivity contribution < 1.29 is 24.5 Å². The molecule has 1 heterocycles. The van der Waals surface area contributed by atoms with Crippen molar-refractivity contribution in [3.05, 3.63) is 59.7 Å². The van der Waals surface area contributed by atoms with Crippen LogP contribution >= 0.6 is 11.8 Å². The van der Waals surface area contributed by atoms with Crippen LogP contribution in [-0.4, -0.2) is 33.2 Å². The van der Waals surface area contributed by atoms with Gasteiger partial charge >= 0.3 is 0 Å². The number of aliphatic hydroxyl groups excluding tert-OH is 1. The number of amides is 2. The lowest BCUT2D eigenvalue weighted by molar-refractivity contribution is -0.118. The second-order valence-electron chi connectivity index (χ2n) is 5.65. The van der Waals surface area contributed by atoms with Gasteiger partial charge in [0, 0.05) is 0 Å². The van der Waals surface area contributed by atoms with Gasteiger partial charge in [0.15, 0.2) is 0 Å². The zero-order valence-corrected chi connectivity index (χ0v) is 14.0. The number of thioether (sulfide) groups is 1. The fourth-order valence-corrected chi connectivity index (χ4v) is 3.33. The van der Waals surface area contributed by atoms with Gasteiger partial charge in [0.05, 0.1) is 5.25 Å². The maximum absolute atomic E-state index is 11.6. The third-order valence-electron chi connectivity index (χ3n) is 3.77. The number of hydrogen-bond acceptors (Lipinski definition) is 6. The predicted octanol–water partition coefficient (Wildman–Crippen LogP) is 2.40. The normalized spacial score (nSPS) is 18.0. The Hall–Kier alpha value is -2.51. The topological polar surface area (TPSA) is 95.9 Å². The van der Waals surface area contributed by atoms with E-state index in [1.165, 1.54) is 12.1 Å².